The van der Waals surface area contributed by atoms with E-state index < -0.39 is 26.6 Å². The van der Waals surface area contributed by atoms with Crippen molar-refractivity contribution in [2.45, 2.75) is 17.7 Å². The summed E-state index contributed by atoms with van der Waals surface area (Å²) in [6, 6.07) is 4.62. The number of alkyl halides is 2. The topological polar surface area (TPSA) is 113 Å². The second-order valence-corrected chi connectivity index (χ2v) is 6.54. The van der Waals surface area contributed by atoms with Gasteiger partial charge in [-0.2, -0.15) is 0 Å². The molecule has 0 unspecified atom stereocenters. The summed E-state index contributed by atoms with van der Waals surface area (Å²) in [4.78, 5) is 33.5. The quantitative estimate of drug-likeness (QED) is 0.442. The van der Waals surface area contributed by atoms with Crippen molar-refractivity contribution in [3.8, 4) is 0 Å². The molecule has 22 heavy (non-hydrogen) atoms. The van der Waals surface area contributed by atoms with Gasteiger partial charge in [0.25, 0.3) is 5.69 Å². The third-order valence-corrected chi connectivity index (χ3v) is 4.46. The van der Waals surface area contributed by atoms with Gasteiger partial charge in [0.1, 0.15) is 4.33 Å². The molecule has 0 aromatic heterocycles. The van der Waals surface area contributed by atoms with Crippen molar-refractivity contribution in [2.75, 3.05) is 5.32 Å². The van der Waals surface area contributed by atoms with Crippen LogP contribution in [0.15, 0.2) is 24.3 Å². The maximum absolute atomic E-state index is 11.8. The summed E-state index contributed by atoms with van der Waals surface area (Å²) in [7, 11) is 0. The molecule has 3 N–H and O–H groups in total. The zero-order valence-electron chi connectivity index (χ0n) is 11.4. The van der Waals surface area contributed by atoms with Crippen LogP contribution in [-0.2, 0) is 4.79 Å². The Morgan fingerprint density at radius 2 is 1.95 bits per heavy atom. The maximum Gasteiger partial charge on any atom is 0.337 e. The molecular weight excluding hydrogens is 335 g/mol. The zero-order chi connectivity index (χ0) is 16.5. The number of hydrazine groups is 1. The highest BCUT2D eigenvalue weighted by molar-refractivity contribution is 6.53. The number of halogens is 2. The van der Waals surface area contributed by atoms with Gasteiger partial charge in [-0.1, -0.05) is 6.07 Å². The van der Waals surface area contributed by atoms with Crippen molar-refractivity contribution in [3.63, 3.8) is 0 Å². The number of rotatable bonds is 3. The number of hydrogen-bond donors (Lipinski definition) is 3. The first kappa shape index (κ1) is 16.3. The molecule has 1 aliphatic rings. The highest BCUT2D eigenvalue weighted by Crippen LogP contribution is 2.63. The largest absolute Gasteiger partial charge is 0.337 e. The van der Waals surface area contributed by atoms with Gasteiger partial charge in [0, 0.05) is 17.8 Å². The van der Waals surface area contributed by atoms with E-state index in [-0.39, 0.29) is 17.8 Å². The van der Waals surface area contributed by atoms with E-state index >= 15 is 0 Å². The molecule has 1 aliphatic carbocycles. The number of benzene rings is 1. The second kappa shape index (κ2) is 5.62. The molecule has 0 radical (unpaired) electrons. The normalized spacial score (nSPS) is 21.6. The summed E-state index contributed by atoms with van der Waals surface area (Å²) in [6.45, 7) is 1.57. The highest BCUT2D eigenvalue weighted by Gasteiger charge is 2.68. The van der Waals surface area contributed by atoms with Crippen molar-refractivity contribution < 1.29 is 14.5 Å². The molecule has 3 amide bonds. The Labute approximate surface area is 135 Å². The fourth-order valence-electron chi connectivity index (χ4n) is 1.76. The molecule has 8 nitrogen and oxygen atoms in total. The molecule has 0 spiro atoms. The Morgan fingerprint density at radius 3 is 2.50 bits per heavy atom. The molecule has 1 saturated carbocycles. The van der Waals surface area contributed by atoms with E-state index in [9.17, 15) is 19.7 Å². The Kier molecular flexibility index (Phi) is 4.17. The lowest BCUT2D eigenvalue weighted by Gasteiger charge is -2.13. The second-order valence-electron chi connectivity index (χ2n) is 5.05. The number of anilines is 1. The molecule has 1 aromatic rings. The summed E-state index contributed by atoms with van der Waals surface area (Å²) in [5.41, 5.74) is 3.40. The van der Waals surface area contributed by atoms with Crippen molar-refractivity contribution in [3.05, 3.63) is 34.4 Å². The minimum atomic E-state index is -1.14. The van der Waals surface area contributed by atoms with E-state index in [0.29, 0.717) is 0 Å². The summed E-state index contributed by atoms with van der Waals surface area (Å²) in [5.74, 6) is -0.522. The predicted molar refractivity (Wildman–Crippen MR) is 80.6 cm³/mol. The van der Waals surface area contributed by atoms with Gasteiger partial charge in [0.2, 0.25) is 5.91 Å². The number of urea groups is 1. The minimum absolute atomic E-state index is 0.165. The summed E-state index contributed by atoms with van der Waals surface area (Å²) in [5, 5.41) is 13.0. The number of carbonyl (C=O) groups is 2. The number of nitrogens with zero attached hydrogens (tertiary/aromatic N) is 1. The fraction of sp³-hybridized carbons (Fsp3) is 0.333. The smallest absolute Gasteiger partial charge is 0.306 e. The average molecular weight is 347 g/mol. The van der Waals surface area contributed by atoms with Crippen molar-refractivity contribution in [1.82, 2.24) is 10.9 Å². The standard InChI is InChI=1S/C12H12Cl2N4O4/c1-11(6-12(11,13)14)9(19)16-17-10(20)15-7-3-2-4-8(5-7)18(21)22/h2-5H,6H2,1H3,(H,16,19)(H2,15,17,20)/t11-/m1/s1. The van der Waals surface area contributed by atoms with Crippen LogP contribution >= 0.6 is 23.2 Å². The Bertz CT molecular complexity index is 652. The minimum Gasteiger partial charge on any atom is -0.306 e. The third kappa shape index (κ3) is 3.23. The zero-order valence-corrected chi connectivity index (χ0v) is 12.9. The number of nitro benzene ring substituents is 1. The van der Waals surface area contributed by atoms with Gasteiger partial charge in [-0.3, -0.25) is 20.3 Å². The molecule has 0 bridgehead atoms. The maximum atomic E-state index is 11.8. The number of carbonyl (C=O) groups excluding carboxylic acids is 2. The molecule has 0 heterocycles. The first-order valence-electron chi connectivity index (χ1n) is 6.15. The van der Waals surface area contributed by atoms with Crippen LogP contribution in [0.25, 0.3) is 0 Å². The van der Waals surface area contributed by atoms with E-state index in [1.165, 1.54) is 24.3 Å². The van der Waals surface area contributed by atoms with Crippen LogP contribution in [-0.4, -0.2) is 21.2 Å². The summed E-state index contributed by atoms with van der Waals surface area (Å²) < 4.78 is -1.14. The molecular formula is C12H12Cl2N4O4. The van der Waals surface area contributed by atoms with E-state index in [0.717, 1.165) is 0 Å². The molecule has 1 aromatic carbocycles. The Balaban J connectivity index is 1.88. The van der Waals surface area contributed by atoms with E-state index in [2.05, 4.69) is 16.2 Å². The van der Waals surface area contributed by atoms with Gasteiger partial charge in [-0.15, -0.1) is 23.2 Å². The van der Waals surface area contributed by atoms with Crippen LogP contribution in [0, 0.1) is 15.5 Å². The van der Waals surface area contributed by atoms with Gasteiger partial charge in [-0.25, -0.2) is 10.2 Å². The monoisotopic (exact) mass is 346 g/mol. The van der Waals surface area contributed by atoms with Crippen LogP contribution in [0.2, 0.25) is 0 Å². The first-order valence-corrected chi connectivity index (χ1v) is 6.91. The Hall–Kier alpha value is -2.06. The van der Waals surface area contributed by atoms with Crippen LogP contribution in [0.1, 0.15) is 13.3 Å². The van der Waals surface area contributed by atoms with Crippen LogP contribution in [0.4, 0.5) is 16.2 Å². The molecule has 10 heteroatoms. The molecule has 0 aliphatic heterocycles. The van der Waals surface area contributed by atoms with Gasteiger partial charge in [-0.05, 0) is 19.4 Å². The number of hydrogen-bond acceptors (Lipinski definition) is 4. The van der Waals surface area contributed by atoms with Gasteiger partial charge in [0.05, 0.1) is 10.3 Å². The first-order chi connectivity index (χ1) is 10.2. The van der Waals surface area contributed by atoms with Crippen molar-refractivity contribution in [1.29, 1.82) is 0 Å². The third-order valence-electron chi connectivity index (χ3n) is 3.36. The van der Waals surface area contributed by atoms with Crippen LogP contribution < -0.4 is 16.2 Å². The molecule has 1 atom stereocenters. The average Bonchev–Trinajstić information content (AvgIpc) is 2.96. The van der Waals surface area contributed by atoms with Gasteiger partial charge >= 0.3 is 6.03 Å². The lowest BCUT2D eigenvalue weighted by molar-refractivity contribution is -0.384. The molecule has 2 rings (SSSR count). The van der Waals surface area contributed by atoms with Gasteiger partial charge in [0.15, 0.2) is 0 Å². The summed E-state index contributed by atoms with van der Waals surface area (Å²) >= 11 is 11.7. The lowest BCUT2D eigenvalue weighted by atomic mass is 10.1. The number of amides is 3. The van der Waals surface area contributed by atoms with E-state index in [1.54, 1.807) is 6.92 Å². The van der Waals surface area contributed by atoms with Crippen LogP contribution in [0.3, 0.4) is 0 Å². The summed E-state index contributed by atoms with van der Waals surface area (Å²) in [6.07, 6.45) is 0.281. The number of nitrogens with one attached hydrogen (secondary N) is 3. The fourth-order valence-corrected chi connectivity index (χ4v) is 2.46. The predicted octanol–water partition coefficient (Wildman–Crippen LogP) is 2.33. The number of nitro groups is 1. The van der Waals surface area contributed by atoms with Gasteiger partial charge < -0.3 is 5.32 Å². The number of non-ortho nitro benzene ring substituents is 1. The molecule has 1 fully saturated rings. The van der Waals surface area contributed by atoms with Crippen molar-refractivity contribution >= 4 is 46.5 Å². The Morgan fingerprint density at radius 1 is 1.32 bits per heavy atom. The molecule has 0 saturated heterocycles. The van der Waals surface area contributed by atoms with E-state index in [4.69, 9.17) is 23.2 Å². The van der Waals surface area contributed by atoms with Crippen LogP contribution in [0.5, 0.6) is 0 Å². The SMILES string of the molecule is C[C@]1(C(=O)NNC(=O)Nc2cccc([N+](=O)[O-])c2)CC1(Cl)Cl. The molecule has 118 valence electrons. The van der Waals surface area contributed by atoms with E-state index in [1.807, 2.05) is 0 Å². The highest BCUT2D eigenvalue weighted by atomic mass is 35.5. The van der Waals surface area contributed by atoms with Crippen molar-refractivity contribution in [2.24, 2.45) is 5.41 Å². The lowest BCUT2D eigenvalue weighted by Crippen LogP contribution is -2.47.